The van der Waals surface area contributed by atoms with Crippen molar-refractivity contribution in [2.75, 3.05) is 18.5 Å². The molecule has 2 heterocycles. The minimum absolute atomic E-state index is 0.309. The van der Waals surface area contributed by atoms with Crippen LogP contribution >= 0.6 is 0 Å². The number of sulfonamides is 1. The number of fused-ring (bicyclic) bond motifs is 1. The second kappa shape index (κ2) is 7.66. The van der Waals surface area contributed by atoms with Crippen molar-refractivity contribution in [2.45, 2.75) is 16.6 Å². The Bertz CT molecular complexity index is 1160. The molecule has 168 valence electrons. The number of ether oxygens (including phenoxy) is 1. The van der Waals surface area contributed by atoms with E-state index in [1.54, 1.807) is 0 Å². The molecule has 1 aliphatic rings. The van der Waals surface area contributed by atoms with Crippen LogP contribution in [0.3, 0.4) is 0 Å². The van der Waals surface area contributed by atoms with Gasteiger partial charge in [-0.2, -0.15) is 17.9 Å². The Morgan fingerprint density at radius 3 is 2.71 bits per heavy atom. The van der Waals surface area contributed by atoms with Gasteiger partial charge in [-0.05, 0) is 18.2 Å². The van der Waals surface area contributed by atoms with E-state index in [4.69, 9.17) is 4.74 Å². The van der Waals surface area contributed by atoms with E-state index in [1.165, 1.54) is 7.05 Å². The van der Waals surface area contributed by atoms with E-state index in [0.29, 0.717) is 12.1 Å². The normalized spacial score (nSPS) is 20.3. The number of aliphatic hydroxyl groups is 1. The molecular formula is C18H17F4N3O5S. The summed E-state index contributed by atoms with van der Waals surface area (Å²) in [5, 5.41) is 11.8. The predicted molar refractivity (Wildman–Crippen MR) is 101 cm³/mol. The van der Waals surface area contributed by atoms with E-state index >= 15 is 0 Å². The van der Waals surface area contributed by atoms with E-state index < -0.39 is 57.1 Å². The SMILES string of the molecule is C=CC1(CO)COc2c(cn(C)c2C(=O)Nc2ccc(F)c(C(F)(F)F)c2)S(=O)(=O)N1. The van der Waals surface area contributed by atoms with Gasteiger partial charge in [0, 0.05) is 18.9 Å². The van der Waals surface area contributed by atoms with Crippen molar-refractivity contribution in [2.24, 2.45) is 7.05 Å². The molecule has 31 heavy (non-hydrogen) atoms. The second-order valence-corrected chi connectivity index (χ2v) is 8.49. The largest absolute Gasteiger partial charge is 0.487 e. The maximum Gasteiger partial charge on any atom is 0.419 e. The monoisotopic (exact) mass is 463 g/mol. The van der Waals surface area contributed by atoms with Crippen LogP contribution in [-0.2, 0) is 23.2 Å². The molecule has 0 saturated carbocycles. The number of hydrogen-bond acceptors (Lipinski definition) is 5. The molecule has 13 heteroatoms. The highest BCUT2D eigenvalue weighted by atomic mass is 32.2. The van der Waals surface area contributed by atoms with Crippen LogP contribution in [0.15, 0.2) is 41.9 Å². The van der Waals surface area contributed by atoms with Gasteiger partial charge in [0.15, 0.2) is 11.4 Å². The van der Waals surface area contributed by atoms with Crippen LogP contribution in [0, 0.1) is 5.82 Å². The highest BCUT2D eigenvalue weighted by Gasteiger charge is 2.41. The number of carbonyl (C=O) groups is 1. The predicted octanol–water partition coefficient (Wildman–Crippen LogP) is 2.02. The van der Waals surface area contributed by atoms with Crippen LogP contribution in [0.5, 0.6) is 5.75 Å². The van der Waals surface area contributed by atoms with Crippen molar-refractivity contribution >= 4 is 21.6 Å². The minimum Gasteiger partial charge on any atom is -0.487 e. The maximum absolute atomic E-state index is 13.5. The molecule has 1 aliphatic heterocycles. The smallest absolute Gasteiger partial charge is 0.419 e. The summed E-state index contributed by atoms with van der Waals surface area (Å²) in [4.78, 5) is 12.4. The number of carbonyl (C=O) groups excluding carboxylic acids is 1. The summed E-state index contributed by atoms with van der Waals surface area (Å²) in [6.45, 7) is 2.39. The van der Waals surface area contributed by atoms with Crippen LogP contribution < -0.4 is 14.8 Å². The highest BCUT2D eigenvalue weighted by Crippen LogP contribution is 2.36. The summed E-state index contributed by atoms with van der Waals surface area (Å²) in [6, 6.07) is 1.90. The fourth-order valence-electron chi connectivity index (χ4n) is 2.98. The van der Waals surface area contributed by atoms with Crippen molar-refractivity contribution in [1.29, 1.82) is 0 Å². The fourth-order valence-corrected chi connectivity index (χ4v) is 4.53. The van der Waals surface area contributed by atoms with Crippen LogP contribution in [0.2, 0.25) is 0 Å². The summed E-state index contributed by atoms with van der Waals surface area (Å²) < 4.78 is 86.5. The first-order chi connectivity index (χ1) is 14.3. The minimum atomic E-state index is -4.98. The lowest BCUT2D eigenvalue weighted by Gasteiger charge is -2.26. The average Bonchev–Trinajstić information content (AvgIpc) is 2.98. The Kier molecular flexibility index (Phi) is 5.63. The summed E-state index contributed by atoms with van der Waals surface area (Å²) in [7, 11) is -2.92. The van der Waals surface area contributed by atoms with Gasteiger partial charge in [-0.3, -0.25) is 4.79 Å². The Balaban J connectivity index is 2.01. The van der Waals surface area contributed by atoms with Crippen molar-refractivity contribution < 1.29 is 40.6 Å². The molecule has 0 bridgehead atoms. The van der Waals surface area contributed by atoms with Crippen molar-refractivity contribution in [1.82, 2.24) is 9.29 Å². The molecular weight excluding hydrogens is 446 g/mol. The number of alkyl halides is 3. The molecule has 0 spiro atoms. The number of amides is 1. The first-order valence-corrected chi connectivity index (χ1v) is 10.1. The van der Waals surface area contributed by atoms with Gasteiger partial charge in [0.25, 0.3) is 5.91 Å². The molecule has 0 aliphatic carbocycles. The zero-order chi connectivity index (χ0) is 23.2. The first-order valence-electron chi connectivity index (χ1n) is 8.62. The molecule has 0 radical (unpaired) electrons. The van der Waals surface area contributed by atoms with Crippen LogP contribution in [0.1, 0.15) is 16.1 Å². The molecule has 1 atom stereocenters. The average molecular weight is 463 g/mol. The molecule has 1 unspecified atom stereocenters. The van der Waals surface area contributed by atoms with Gasteiger partial charge in [0.05, 0.1) is 12.2 Å². The van der Waals surface area contributed by atoms with Gasteiger partial charge in [-0.1, -0.05) is 6.08 Å². The van der Waals surface area contributed by atoms with E-state index in [-0.39, 0.29) is 17.1 Å². The molecule has 3 rings (SSSR count). The summed E-state index contributed by atoms with van der Waals surface area (Å²) in [6.07, 6.45) is -2.75. The Morgan fingerprint density at radius 1 is 1.45 bits per heavy atom. The fraction of sp³-hybridized carbons (Fsp3) is 0.278. The molecule has 8 nitrogen and oxygen atoms in total. The lowest BCUT2D eigenvalue weighted by Crippen LogP contribution is -2.52. The Labute approximate surface area is 174 Å². The van der Waals surface area contributed by atoms with Gasteiger partial charge in [-0.25, -0.2) is 12.8 Å². The summed E-state index contributed by atoms with van der Waals surface area (Å²) in [5.74, 6) is -2.86. The zero-order valence-corrected chi connectivity index (χ0v) is 16.8. The standard InChI is InChI=1S/C18H17F4N3O5S/c1-3-17(8-26)9-30-15-13(31(28,29)24-17)7-25(2)14(15)16(27)23-10-4-5-12(19)11(6-10)18(20,21)22/h3-7,24,26H,1,8-9H2,2H3,(H,23,27). The number of halogens is 4. The van der Waals surface area contributed by atoms with E-state index in [2.05, 4.69) is 16.6 Å². The van der Waals surface area contributed by atoms with Crippen molar-refractivity contribution in [3.63, 3.8) is 0 Å². The third-order valence-electron chi connectivity index (χ3n) is 4.62. The number of benzene rings is 1. The number of rotatable bonds is 4. The first kappa shape index (κ1) is 22.8. The second-order valence-electron chi connectivity index (χ2n) is 6.84. The van der Waals surface area contributed by atoms with E-state index in [0.717, 1.165) is 22.9 Å². The molecule has 1 aromatic carbocycles. The lowest BCUT2D eigenvalue weighted by molar-refractivity contribution is -0.139. The molecule has 1 aromatic heterocycles. The Morgan fingerprint density at radius 2 is 2.13 bits per heavy atom. The highest BCUT2D eigenvalue weighted by molar-refractivity contribution is 7.89. The topological polar surface area (TPSA) is 110 Å². The van der Waals surface area contributed by atoms with Crippen LogP contribution in [-0.4, -0.2) is 42.8 Å². The van der Waals surface area contributed by atoms with Crippen LogP contribution in [0.4, 0.5) is 23.2 Å². The quantitative estimate of drug-likeness (QED) is 0.475. The maximum atomic E-state index is 13.5. The summed E-state index contributed by atoms with van der Waals surface area (Å²) >= 11 is 0. The number of hydrogen-bond donors (Lipinski definition) is 3. The van der Waals surface area contributed by atoms with E-state index in [1.807, 2.05) is 0 Å². The van der Waals surface area contributed by atoms with Crippen molar-refractivity contribution in [3.05, 3.63) is 54.1 Å². The van der Waals surface area contributed by atoms with Gasteiger partial charge in [0.1, 0.15) is 22.9 Å². The van der Waals surface area contributed by atoms with Gasteiger partial charge < -0.3 is 19.7 Å². The van der Waals surface area contributed by atoms with Crippen molar-refractivity contribution in [3.8, 4) is 5.75 Å². The third-order valence-corrected chi connectivity index (χ3v) is 6.17. The molecule has 2 aromatic rings. The molecule has 0 saturated heterocycles. The number of aromatic nitrogens is 1. The van der Waals surface area contributed by atoms with Gasteiger partial charge in [0.2, 0.25) is 10.0 Å². The summed E-state index contributed by atoms with van der Waals surface area (Å²) in [5.41, 5.74) is -3.79. The van der Waals surface area contributed by atoms with Gasteiger partial charge in [-0.15, -0.1) is 6.58 Å². The van der Waals surface area contributed by atoms with E-state index in [9.17, 15) is 35.9 Å². The zero-order valence-electron chi connectivity index (χ0n) is 16.0. The van der Waals surface area contributed by atoms with Gasteiger partial charge >= 0.3 is 6.18 Å². The Hall–Kier alpha value is -2.90. The number of aliphatic hydroxyl groups excluding tert-OH is 1. The van der Waals surface area contributed by atoms with Crippen LogP contribution in [0.25, 0.3) is 0 Å². The number of aryl methyl sites for hydroxylation is 1. The number of anilines is 1. The molecule has 1 amide bonds. The molecule has 0 fully saturated rings. The number of nitrogens with zero attached hydrogens (tertiary/aromatic N) is 1. The molecule has 3 N–H and O–H groups in total. The third kappa shape index (κ3) is 4.16. The number of nitrogens with one attached hydrogen (secondary N) is 2. The lowest BCUT2D eigenvalue weighted by atomic mass is 10.0.